The highest BCUT2D eigenvalue weighted by molar-refractivity contribution is 6.38. The first-order valence-corrected chi connectivity index (χ1v) is 6.04. The number of anilines is 1. The van der Waals surface area contributed by atoms with Crippen LogP contribution in [-0.4, -0.2) is 27.0 Å². The lowest BCUT2D eigenvalue weighted by Gasteiger charge is -2.10. The minimum absolute atomic E-state index is 0.0205. The summed E-state index contributed by atoms with van der Waals surface area (Å²) in [4.78, 5) is 30.6. The summed E-state index contributed by atoms with van der Waals surface area (Å²) in [5, 5.41) is 11.7. The number of nitrogens with one attached hydrogen (secondary N) is 1. The SMILES string of the molecule is O=C(Nc1c(Cl)cc(Cl)cc1C(=O)O)c1cnccn1. The molecule has 0 fully saturated rings. The monoisotopic (exact) mass is 311 g/mol. The van der Waals surface area contributed by atoms with Gasteiger partial charge in [-0.1, -0.05) is 23.2 Å². The lowest BCUT2D eigenvalue weighted by Crippen LogP contribution is -2.16. The molecule has 2 rings (SSSR count). The van der Waals surface area contributed by atoms with Gasteiger partial charge in [0.1, 0.15) is 5.69 Å². The number of amides is 1. The van der Waals surface area contributed by atoms with E-state index in [1.807, 2.05) is 0 Å². The van der Waals surface area contributed by atoms with Crippen molar-refractivity contribution in [3.05, 3.63) is 52.0 Å². The van der Waals surface area contributed by atoms with Crippen LogP contribution in [0.1, 0.15) is 20.8 Å². The molecule has 6 nitrogen and oxygen atoms in total. The van der Waals surface area contributed by atoms with Gasteiger partial charge >= 0.3 is 5.97 Å². The van der Waals surface area contributed by atoms with Crippen molar-refractivity contribution >= 4 is 40.8 Å². The van der Waals surface area contributed by atoms with E-state index in [9.17, 15) is 9.59 Å². The number of hydrogen-bond acceptors (Lipinski definition) is 4. The van der Waals surface area contributed by atoms with Gasteiger partial charge in [-0.25, -0.2) is 9.78 Å². The van der Waals surface area contributed by atoms with E-state index in [-0.39, 0.29) is 27.0 Å². The van der Waals surface area contributed by atoms with Gasteiger partial charge in [-0.15, -0.1) is 0 Å². The number of aromatic carboxylic acids is 1. The third-order valence-corrected chi connectivity index (χ3v) is 2.84. The van der Waals surface area contributed by atoms with Crippen LogP contribution in [-0.2, 0) is 0 Å². The molecule has 0 unspecified atom stereocenters. The predicted octanol–water partition coefficient (Wildman–Crippen LogP) is 2.73. The number of carboxylic acid groups (broad SMARTS) is 1. The Kier molecular flexibility index (Phi) is 4.16. The van der Waals surface area contributed by atoms with Crippen molar-refractivity contribution in [2.75, 3.05) is 5.32 Å². The highest BCUT2D eigenvalue weighted by Gasteiger charge is 2.18. The maximum atomic E-state index is 11.9. The van der Waals surface area contributed by atoms with Crippen molar-refractivity contribution < 1.29 is 14.7 Å². The molecule has 0 saturated carbocycles. The molecule has 8 heteroatoms. The van der Waals surface area contributed by atoms with Crippen molar-refractivity contribution in [2.45, 2.75) is 0 Å². The van der Waals surface area contributed by atoms with E-state index in [0.29, 0.717) is 0 Å². The van der Waals surface area contributed by atoms with Gasteiger partial charge in [-0.05, 0) is 12.1 Å². The number of carboxylic acids is 1. The van der Waals surface area contributed by atoms with Gasteiger partial charge in [0.05, 0.1) is 22.5 Å². The van der Waals surface area contributed by atoms with Gasteiger partial charge in [0.25, 0.3) is 5.91 Å². The van der Waals surface area contributed by atoms with Gasteiger partial charge in [0, 0.05) is 17.4 Å². The molecule has 2 aromatic rings. The molecule has 0 spiro atoms. The average molecular weight is 312 g/mol. The molecule has 0 radical (unpaired) electrons. The summed E-state index contributed by atoms with van der Waals surface area (Å²) in [6, 6.07) is 2.53. The number of hydrogen-bond donors (Lipinski definition) is 2. The zero-order valence-electron chi connectivity index (χ0n) is 9.80. The number of nitrogens with zero attached hydrogens (tertiary/aromatic N) is 2. The molecule has 0 aliphatic rings. The van der Waals surface area contributed by atoms with Crippen LogP contribution in [0.2, 0.25) is 10.0 Å². The number of carbonyl (C=O) groups excluding carboxylic acids is 1. The first kappa shape index (κ1) is 14.2. The first-order chi connectivity index (χ1) is 9.49. The molecule has 1 aromatic heterocycles. The zero-order valence-corrected chi connectivity index (χ0v) is 11.3. The van der Waals surface area contributed by atoms with Crippen LogP contribution in [0.15, 0.2) is 30.7 Å². The van der Waals surface area contributed by atoms with Gasteiger partial charge in [-0.3, -0.25) is 9.78 Å². The molecule has 0 atom stereocenters. The summed E-state index contributed by atoms with van der Waals surface area (Å²) in [6.45, 7) is 0. The van der Waals surface area contributed by atoms with Crippen molar-refractivity contribution in [1.29, 1.82) is 0 Å². The van der Waals surface area contributed by atoms with Crippen molar-refractivity contribution in [3.63, 3.8) is 0 Å². The quantitative estimate of drug-likeness (QED) is 0.909. The van der Waals surface area contributed by atoms with E-state index in [0.717, 1.165) is 0 Å². The first-order valence-electron chi connectivity index (χ1n) is 5.28. The molecule has 1 heterocycles. The second-order valence-corrected chi connectivity index (χ2v) is 4.50. The maximum absolute atomic E-state index is 11.9. The van der Waals surface area contributed by atoms with E-state index in [1.165, 1.54) is 30.7 Å². The van der Waals surface area contributed by atoms with E-state index < -0.39 is 11.9 Å². The topological polar surface area (TPSA) is 92.2 Å². The summed E-state index contributed by atoms with van der Waals surface area (Å²) >= 11 is 11.6. The van der Waals surface area contributed by atoms with Crippen molar-refractivity contribution in [2.24, 2.45) is 0 Å². The van der Waals surface area contributed by atoms with Crippen molar-refractivity contribution in [1.82, 2.24) is 9.97 Å². The van der Waals surface area contributed by atoms with Crippen LogP contribution in [0.3, 0.4) is 0 Å². The van der Waals surface area contributed by atoms with Gasteiger partial charge in [0.2, 0.25) is 0 Å². The Bertz CT molecular complexity index is 677. The molecule has 0 aliphatic heterocycles. The van der Waals surface area contributed by atoms with E-state index in [4.69, 9.17) is 28.3 Å². The number of halogens is 2. The molecular formula is C12H7Cl2N3O3. The summed E-state index contributed by atoms with van der Waals surface area (Å²) in [6.07, 6.45) is 4.00. The minimum Gasteiger partial charge on any atom is -0.478 e. The highest BCUT2D eigenvalue weighted by atomic mass is 35.5. The smallest absolute Gasteiger partial charge is 0.337 e. The second-order valence-electron chi connectivity index (χ2n) is 3.66. The van der Waals surface area contributed by atoms with Gasteiger partial charge in [0.15, 0.2) is 0 Å². The molecule has 0 aliphatic carbocycles. The number of carbonyl (C=O) groups is 2. The van der Waals surface area contributed by atoms with Gasteiger partial charge < -0.3 is 10.4 Å². The summed E-state index contributed by atoms with van der Waals surface area (Å²) in [5.74, 6) is -1.88. The maximum Gasteiger partial charge on any atom is 0.337 e. The Hall–Kier alpha value is -2.18. The largest absolute Gasteiger partial charge is 0.478 e. The van der Waals surface area contributed by atoms with Crippen LogP contribution in [0.5, 0.6) is 0 Å². The Balaban J connectivity index is 2.39. The fourth-order valence-corrected chi connectivity index (χ4v) is 2.00. The second kappa shape index (κ2) is 5.85. The number of rotatable bonds is 3. The number of benzene rings is 1. The van der Waals surface area contributed by atoms with Crippen LogP contribution < -0.4 is 5.32 Å². The molecule has 1 aromatic carbocycles. The lowest BCUT2D eigenvalue weighted by molar-refractivity contribution is 0.0698. The Labute approximate surface area is 123 Å². The molecule has 20 heavy (non-hydrogen) atoms. The molecule has 0 saturated heterocycles. The fourth-order valence-electron chi connectivity index (χ4n) is 1.46. The molecule has 2 N–H and O–H groups in total. The minimum atomic E-state index is -1.26. The van der Waals surface area contributed by atoms with E-state index >= 15 is 0 Å². The third kappa shape index (κ3) is 3.04. The van der Waals surface area contributed by atoms with Crippen LogP contribution in [0, 0.1) is 0 Å². The van der Waals surface area contributed by atoms with E-state index in [2.05, 4.69) is 15.3 Å². The summed E-state index contributed by atoms with van der Waals surface area (Å²) in [7, 11) is 0. The van der Waals surface area contributed by atoms with Crippen LogP contribution >= 0.6 is 23.2 Å². The lowest BCUT2D eigenvalue weighted by atomic mass is 10.1. The molecular weight excluding hydrogens is 305 g/mol. The Morgan fingerprint density at radius 1 is 1.20 bits per heavy atom. The molecule has 102 valence electrons. The summed E-state index contributed by atoms with van der Waals surface area (Å²) in [5.41, 5.74) is -0.214. The van der Waals surface area contributed by atoms with E-state index in [1.54, 1.807) is 0 Å². The average Bonchev–Trinajstić information content (AvgIpc) is 2.42. The summed E-state index contributed by atoms with van der Waals surface area (Å²) < 4.78 is 0. The third-order valence-electron chi connectivity index (χ3n) is 2.32. The fraction of sp³-hybridized carbons (Fsp3) is 0. The van der Waals surface area contributed by atoms with Crippen LogP contribution in [0.4, 0.5) is 5.69 Å². The Morgan fingerprint density at radius 2 is 1.95 bits per heavy atom. The predicted molar refractivity (Wildman–Crippen MR) is 73.4 cm³/mol. The highest BCUT2D eigenvalue weighted by Crippen LogP contribution is 2.30. The standard InChI is InChI=1S/C12H7Cl2N3O3/c13-6-3-7(12(19)20)10(8(14)4-6)17-11(18)9-5-15-1-2-16-9/h1-5H,(H,17,18)(H,19,20). The normalized spacial score (nSPS) is 10.1. The van der Waals surface area contributed by atoms with Crippen molar-refractivity contribution in [3.8, 4) is 0 Å². The molecule has 1 amide bonds. The Morgan fingerprint density at radius 3 is 2.55 bits per heavy atom. The number of aromatic nitrogens is 2. The van der Waals surface area contributed by atoms with Gasteiger partial charge in [-0.2, -0.15) is 0 Å². The van der Waals surface area contributed by atoms with Crippen LogP contribution in [0.25, 0.3) is 0 Å². The molecule has 0 bridgehead atoms. The zero-order chi connectivity index (χ0) is 14.7.